The smallest absolute Gasteiger partial charge is 0.291 e. The van der Waals surface area contributed by atoms with Gasteiger partial charge in [-0.15, -0.1) is 11.3 Å². The lowest BCUT2D eigenvalue weighted by Crippen LogP contribution is -2.18. The number of aromatic nitrogens is 1. The number of thiazole rings is 1. The van der Waals surface area contributed by atoms with E-state index in [1.807, 2.05) is 61.5 Å². The van der Waals surface area contributed by atoms with Crippen LogP contribution in [0.5, 0.6) is 5.75 Å². The molecule has 1 amide bonds. The number of nitrogens with zero attached hydrogens (tertiary/aromatic N) is 2. The number of hydrogen-bond acceptors (Lipinski definition) is 5. The molecule has 0 aliphatic carbocycles. The van der Waals surface area contributed by atoms with Gasteiger partial charge in [-0.25, -0.2) is 10.4 Å². The summed E-state index contributed by atoms with van der Waals surface area (Å²) in [4.78, 5) is 17.6. The predicted octanol–water partition coefficient (Wildman–Crippen LogP) is 3.89. The van der Waals surface area contributed by atoms with Crippen molar-refractivity contribution in [3.8, 4) is 16.3 Å². The summed E-state index contributed by atoms with van der Waals surface area (Å²) < 4.78 is 5.10. The molecule has 0 saturated carbocycles. The molecule has 0 unspecified atom stereocenters. The Labute approximate surface area is 150 Å². The lowest BCUT2D eigenvalue weighted by molar-refractivity contribution is 0.0950. The second kappa shape index (κ2) is 7.72. The van der Waals surface area contributed by atoms with Crippen LogP contribution in [-0.4, -0.2) is 24.2 Å². The fourth-order valence-corrected chi connectivity index (χ4v) is 3.14. The van der Waals surface area contributed by atoms with Crippen LogP contribution in [-0.2, 0) is 0 Å². The lowest BCUT2D eigenvalue weighted by atomic mass is 10.2. The number of carbonyl (C=O) groups is 1. The molecule has 0 aliphatic heterocycles. The molecule has 0 atom stereocenters. The number of rotatable bonds is 5. The maximum absolute atomic E-state index is 12.3. The first-order valence-electron chi connectivity index (χ1n) is 7.67. The fraction of sp³-hybridized carbons (Fsp3) is 0.105. The Morgan fingerprint density at radius 2 is 1.88 bits per heavy atom. The molecule has 1 N–H and O–H groups in total. The van der Waals surface area contributed by atoms with Crippen LogP contribution in [0.15, 0.2) is 59.7 Å². The molecule has 25 heavy (non-hydrogen) atoms. The van der Waals surface area contributed by atoms with Gasteiger partial charge in [-0.1, -0.05) is 30.3 Å². The molecule has 1 heterocycles. The minimum Gasteiger partial charge on any atom is -0.497 e. The Bertz CT molecular complexity index is 887. The highest BCUT2D eigenvalue weighted by Crippen LogP contribution is 2.27. The van der Waals surface area contributed by atoms with Crippen molar-refractivity contribution < 1.29 is 9.53 Å². The number of methoxy groups -OCH3 is 1. The predicted molar refractivity (Wildman–Crippen MR) is 100 cm³/mol. The zero-order valence-corrected chi connectivity index (χ0v) is 14.7. The van der Waals surface area contributed by atoms with Gasteiger partial charge in [-0.3, -0.25) is 4.79 Å². The van der Waals surface area contributed by atoms with Gasteiger partial charge in [0.25, 0.3) is 5.91 Å². The number of nitrogens with one attached hydrogen (secondary N) is 1. The zero-order valence-electron chi connectivity index (χ0n) is 13.9. The van der Waals surface area contributed by atoms with Crippen molar-refractivity contribution in [2.75, 3.05) is 7.11 Å². The van der Waals surface area contributed by atoms with Crippen molar-refractivity contribution in [2.45, 2.75) is 6.92 Å². The molecule has 2 aromatic carbocycles. The molecule has 3 aromatic rings. The van der Waals surface area contributed by atoms with Crippen LogP contribution in [0.25, 0.3) is 10.6 Å². The average Bonchev–Trinajstić information content (AvgIpc) is 3.05. The number of aryl methyl sites for hydroxylation is 1. The number of carbonyl (C=O) groups excluding carboxylic acids is 1. The van der Waals surface area contributed by atoms with E-state index >= 15 is 0 Å². The first-order valence-corrected chi connectivity index (χ1v) is 8.49. The normalized spacial score (nSPS) is 10.8. The van der Waals surface area contributed by atoms with Gasteiger partial charge in [0.05, 0.1) is 13.3 Å². The molecule has 6 heteroatoms. The van der Waals surface area contributed by atoms with E-state index in [4.69, 9.17) is 4.74 Å². The Balaban J connectivity index is 1.69. The van der Waals surface area contributed by atoms with Crippen molar-refractivity contribution in [3.63, 3.8) is 0 Å². The highest BCUT2D eigenvalue weighted by Gasteiger charge is 2.15. The van der Waals surface area contributed by atoms with E-state index in [0.29, 0.717) is 5.69 Å². The highest BCUT2D eigenvalue weighted by atomic mass is 32.1. The summed E-state index contributed by atoms with van der Waals surface area (Å²) in [6.07, 6.45) is 1.58. The standard InChI is InChI=1S/C19H17N3O2S/c1-13-17(21-19(25-13)15-6-4-3-5-7-15)18(23)22-20-12-14-8-10-16(24-2)11-9-14/h3-12H,1-2H3,(H,22,23)/b20-12-. The quantitative estimate of drug-likeness (QED) is 0.560. The maximum atomic E-state index is 12.3. The molecule has 126 valence electrons. The van der Waals surface area contributed by atoms with Gasteiger partial charge in [0.2, 0.25) is 0 Å². The number of ether oxygens (including phenoxy) is 1. The Kier molecular flexibility index (Phi) is 5.20. The van der Waals surface area contributed by atoms with E-state index in [1.165, 1.54) is 11.3 Å². The summed E-state index contributed by atoms with van der Waals surface area (Å²) in [6, 6.07) is 17.2. The highest BCUT2D eigenvalue weighted by molar-refractivity contribution is 7.15. The van der Waals surface area contributed by atoms with Gasteiger partial charge in [0.15, 0.2) is 0 Å². The molecule has 1 aromatic heterocycles. The van der Waals surface area contributed by atoms with Crippen LogP contribution in [0.1, 0.15) is 20.9 Å². The first-order chi connectivity index (χ1) is 12.2. The monoisotopic (exact) mass is 351 g/mol. The minimum atomic E-state index is -0.319. The molecule has 0 spiro atoms. The summed E-state index contributed by atoms with van der Waals surface area (Å²) >= 11 is 1.49. The molecule has 0 aliphatic rings. The lowest BCUT2D eigenvalue weighted by Gasteiger charge is -1.99. The van der Waals surface area contributed by atoms with Crippen LogP contribution < -0.4 is 10.2 Å². The summed E-state index contributed by atoms with van der Waals surface area (Å²) in [7, 11) is 1.61. The molecule has 5 nitrogen and oxygen atoms in total. The third kappa shape index (κ3) is 4.10. The molecule has 0 saturated heterocycles. The Hall–Kier alpha value is -2.99. The number of hydrogen-bond donors (Lipinski definition) is 1. The van der Waals surface area contributed by atoms with E-state index in [-0.39, 0.29) is 5.91 Å². The van der Waals surface area contributed by atoms with E-state index in [9.17, 15) is 4.79 Å². The first kappa shape index (κ1) is 16.9. The average molecular weight is 351 g/mol. The van der Waals surface area contributed by atoms with Crippen molar-refractivity contribution in [2.24, 2.45) is 5.10 Å². The number of benzene rings is 2. The van der Waals surface area contributed by atoms with Crippen LogP contribution in [0, 0.1) is 6.92 Å². The van der Waals surface area contributed by atoms with Crippen LogP contribution in [0.4, 0.5) is 0 Å². The van der Waals surface area contributed by atoms with Crippen LogP contribution in [0.3, 0.4) is 0 Å². The Morgan fingerprint density at radius 1 is 1.16 bits per heavy atom. The van der Waals surface area contributed by atoms with Gasteiger partial charge in [-0.05, 0) is 36.8 Å². The van der Waals surface area contributed by atoms with Gasteiger partial charge in [0, 0.05) is 10.4 Å². The molecule has 0 fully saturated rings. The Morgan fingerprint density at radius 3 is 2.56 bits per heavy atom. The van der Waals surface area contributed by atoms with Gasteiger partial charge in [-0.2, -0.15) is 5.10 Å². The van der Waals surface area contributed by atoms with Gasteiger partial charge in [0.1, 0.15) is 16.5 Å². The SMILES string of the molecule is COc1ccc(/C=N\NC(=O)c2nc(-c3ccccc3)sc2C)cc1. The summed E-state index contributed by atoms with van der Waals surface area (Å²) in [5.41, 5.74) is 4.78. The molecular formula is C19H17N3O2S. The maximum Gasteiger partial charge on any atom is 0.291 e. The fourth-order valence-electron chi connectivity index (χ4n) is 2.22. The number of hydrazone groups is 1. The van der Waals surface area contributed by atoms with E-state index < -0.39 is 0 Å². The topological polar surface area (TPSA) is 63.6 Å². The summed E-state index contributed by atoms with van der Waals surface area (Å²) in [5.74, 6) is 0.452. The summed E-state index contributed by atoms with van der Waals surface area (Å²) in [6.45, 7) is 1.88. The van der Waals surface area contributed by atoms with E-state index in [0.717, 1.165) is 26.8 Å². The second-order valence-corrected chi connectivity index (χ2v) is 6.47. The third-order valence-corrected chi connectivity index (χ3v) is 4.55. The van der Waals surface area contributed by atoms with Crippen LogP contribution in [0.2, 0.25) is 0 Å². The summed E-state index contributed by atoms with van der Waals surface area (Å²) in [5, 5.41) is 4.82. The zero-order chi connectivity index (χ0) is 17.6. The van der Waals surface area contributed by atoms with E-state index in [1.54, 1.807) is 13.3 Å². The largest absolute Gasteiger partial charge is 0.497 e. The van der Waals surface area contributed by atoms with Crippen molar-refractivity contribution in [1.29, 1.82) is 0 Å². The molecular weight excluding hydrogens is 334 g/mol. The minimum absolute atomic E-state index is 0.319. The van der Waals surface area contributed by atoms with Crippen molar-refractivity contribution in [1.82, 2.24) is 10.4 Å². The van der Waals surface area contributed by atoms with Crippen molar-refractivity contribution >= 4 is 23.5 Å². The van der Waals surface area contributed by atoms with Gasteiger partial charge < -0.3 is 4.74 Å². The molecule has 3 rings (SSSR count). The molecule has 0 bridgehead atoms. The second-order valence-electron chi connectivity index (χ2n) is 5.26. The van der Waals surface area contributed by atoms with Crippen LogP contribution >= 0.6 is 11.3 Å². The van der Waals surface area contributed by atoms with E-state index in [2.05, 4.69) is 15.5 Å². The number of amides is 1. The van der Waals surface area contributed by atoms with Crippen molar-refractivity contribution in [3.05, 3.63) is 70.7 Å². The van der Waals surface area contributed by atoms with Gasteiger partial charge >= 0.3 is 0 Å². The third-order valence-electron chi connectivity index (χ3n) is 3.53. The molecule has 0 radical (unpaired) electrons.